The lowest BCUT2D eigenvalue weighted by atomic mass is 10.0. The molecule has 6 nitrogen and oxygen atoms in total. The monoisotopic (exact) mass is 334 g/mol. The van der Waals surface area contributed by atoms with Crippen LogP contribution in [0.3, 0.4) is 0 Å². The summed E-state index contributed by atoms with van der Waals surface area (Å²) in [6.07, 6.45) is 3.75. The molecule has 1 aromatic rings. The molecular weight excluding hydrogens is 308 g/mol. The molecule has 2 unspecified atom stereocenters. The van der Waals surface area contributed by atoms with Crippen LogP contribution in [-0.2, 0) is 9.53 Å². The Labute approximate surface area is 143 Å². The van der Waals surface area contributed by atoms with Crippen LogP contribution in [0.4, 0.5) is 0 Å². The van der Waals surface area contributed by atoms with Crippen molar-refractivity contribution >= 4 is 5.91 Å². The number of likely N-dealkylation sites (N-methyl/N-ethyl adjacent to an activating group) is 1. The first-order valence-corrected chi connectivity index (χ1v) is 8.58. The lowest BCUT2D eigenvalue weighted by Crippen LogP contribution is -2.36. The van der Waals surface area contributed by atoms with Crippen LogP contribution in [-0.4, -0.2) is 51.0 Å². The first-order valence-electron chi connectivity index (χ1n) is 8.58. The summed E-state index contributed by atoms with van der Waals surface area (Å²) in [7, 11) is 4.01. The summed E-state index contributed by atoms with van der Waals surface area (Å²) in [5, 5.41) is 3.04. The van der Waals surface area contributed by atoms with Gasteiger partial charge in [0.25, 0.3) is 0 Å². The van der Waals surface area contributed by atoms with Gasteiger partial charge in [0, 0.05) is 13.2 Å². The van der Waals surface area contributed by atoms with Crippen molar-refractivity contribution in [3.05, 3.63) is 23.8 Å². The molecule has 0 aliphatic carbocycles. The van der Waals surface area contributed by atoms with Crippen LogP contribution in [0.25, 0.3) is 0 Å². The number of amides is 1. The third-order valence-electron chi connectivity index (χ3n) is 4.58. The van der Waals surface area contributed by atoms with Gasteiger partial charge in [-0.1, -0.05) is 6.07 Å². The van der Waals surface area contributed by atoms with E-state index in [1.165, 1.54) is 0 Å². The minimum absolute atomic E-state index is 0.0505. The van der Waals surface area contributed by atoms with E-state index in [-0.39, 0.29) is 24.8 Å². The first kappa shape index (κ1) is 17.0. The van der Waals surface area contributed by atoms with Crippen LogP contribution in [0.15, 0.2) is 18.2 Å². The lowest BCUT2D eigenvalue weighted by molar-refractivity contribution is -0.125. The van der Waals surface area contributed by atoms with E-state index >= 15 is 0 Å². The summed E-state index contributed by atoms with van der Waals surface area (Å²) in [5.74, 6) is 1.59. The zero-order chi connectivity index (χ0) is 16.9. The highest BCUT2D eigenvalue weighted by Crippen LogP contribution is 2.34. The average molecular weight is 334 g/mol. The summed E-state index contributed by atoms with van der Waals surface area (Å²) in [6, 6.07) is 6.01. The molecule has 1 fully saturated rings. The average Bonchev–Trinajstić information content (AvgIpc) is 3.03. The van der Waals surface area contributed by atoms with Crippen LogP contribution >= 0.6 is 0 Å². The maximum atomic E-state index is 12.2. The van der Waals surface area contributed by atoms with Gasteiger partial charge < -0.3 is 24.4 Å². The maximum Gasteiger partial charge on any atom is 0.231 e. The Balaban J connectivity index is 1.57. The Bertz CT molecular complexity index is 570. The zero-order valence-electron chi connectivity index (χ0n) is 14.4. The van der Waals surface area contributed by atoms with Crippen molar-refractivity contribution in [2.75, 3.05) is 34.0 Å². The highest BCUT2D eigenvalue weighted by atomic mass is 16.7. The molecule has 1 amide bonds. The first-order chi connectivity index (χ1) is 11.6. The summed E-state index contributed by atoms with van der Waals surface area (Å²) < 4.78 is 16.4. The largest absolute Gasteiger partial charge is 0.454 e. The number of benzene rings is 1. The van der Waals surface area contributed by atoms with Crippen LogP contribution in [0.5, 0.6) is 11.5 Å². The zero-order valence-corrected chi connectivity index (χ0v) is 14.4. The number of hydrogen-bond donors (Lipinski definition) is 1. The molecule has 6 heteroatoms. The molecule has 2 heterocycles. The molecule has 0 aromatic heterocycles. The molecule has 24 heavy (non-hydrogen) atoms. The molecule has 0 radical (unpaired) electrons. The molecule has 2 atom stereocenters. The molecule has 3 rings (SSSR count). The second-order valence-corrected chi connectivity index (χ2v) is 6.59. The van der Waals surface area contributed by atoms with Crippen LogP contribution in [0, 0.1) is 0 Å². The van der Waals surface area contributed by atoms with E-state index in [2.05, 4.69) is 10.2 Å². The smallest absolute Gasteiger partial charge is 0.231 e. The van der Waals surface area contributed by atoms with Crippen molar-refractivity contribution in [1.82, 2.24) is 10.2 Å². The molecule has 1 N–H and O–H groups in total. The number of fused-ring (bicyclic) bond motifs is 1. The highest BCUT2D eigenvalue weighted by Gasteiger charge is 2.22. The van der Waals surface area contributed by atoms with Gasteiger partial charge in [-0.05, 0) is 51.1 Å². The highest BCUT2D eigenvalue weighted by molar-refractivity contribution is 5.76. The Morgan fingerprint density at radius 3 is 2.88 bits per heavy atom. The summed E-state index contributed by atoms with van der Waals surface area (Å²) in [5.41, 5.74) is 1.10. The van der Waals surface area contributed by atoms with E-state index < -0.39 is 0 Å². The SMILES string of the molecule is CN(C)C(CNC(=O)CC1CCCCO1)c1ccc2c(c1)OCO2. The second-order valence-electron chi connectivity index (χ2n) is 6.59. The predicted molar refractivity (Wildman–Crippen MR) is 90.2 cm³/mol. The van der Waals surface area contributed by atoms with Crippen molar-refractivity contribution in [1.29, 1.82) is 0 Å². The normalized spacial score (nSPS) is 20.9. The van der Waals surface area contributed by atoms with Gasteiger partial charge in [-0.25, -0.2) is 0 Å². The molecule has 0 spiro atoms. The molecule has 0 saturated carbocycles. The molecule has 132 valence electrons. The molecule has 2 aliphatic rings. The standard InChI is InChI=1S/C18H26N2O4/c1-20(2)15(13-6-7-16-17(9-13)24-12-23-16)11-19-18(21)10-14-5-3-4-8-22-14/h6-7,9,14-15H,3-5,8,10-12H2,1-2H3,(H,19,21). The molecule has 2 aliphatic heterocycles. The van der Waals surface area contributed by atoms with Crippen molar-refractivity contribution < 1.29 is 19.0 Å². The second kappa shape index (κ2) is 7.85. The molecular formula is C18H26N2O4. The van der Waals surface area contributed by atoms with Crippen molar-refractivity contribution in [3.63, 3.8) is 0 Å². The van der Waals surface area contributed by atoms with Gasteiger partial charge in [-0.15, -0.1) is 0 Å². The number of carbonyl (C=O) groups excluding carboxylic acids is 1. The molecule has 0 bridgehead atoms. The van der Waals surface area contributed by atoms with Crippen LogP contribution < -0.4 is 14.8 Å². The van der Waals surface area contributed by atoms with Gasteiger partial charge in [-0.3, -0.25) is 4.79 Å². The minimum Gasteiger partial charge on any atom is -0.454 e. The van der Waals surface area contributed by atoms with Gasteiger partial charge in [0.2, 0.25) is 12.7 Å². The number of rotatable bonds is 6. The van der Waals surface area contributed by atoms with Gasteiger partial charge in [0.1, 0.15) is 0 Å². The Morgan fingerprint density at radius 2 is 2.12 bits per heavy atom. The summed E-state index contributed by atoms with van der Waals surface area (Å²) in [6.45, 7) is 1.59. The van der Waals surface area contributed by atoms with Crippen molar-refractivity contribution in [2.24, 2.45) is 0 Å². The predicted octanol–water partition coefficient (Wildman–Crippen LogP) is 2.09. The summed E-state index contributed by atoms with van der Waals surface area (Å²) >= 11 is 0. The third-order valence-corrected chi connectivity index (χ3v) is 4.58. The maximum absolute atomic E-state index is 12.2. The van der Waals surface area contributed by atoms with E-state index in [0.717, 1.165) is 42.9 Å². The number of nitrogens with one attached hydrogen (secondary N) is 1. The van der Waals surface area contributed by atoms with Crippen molar-refractivity contribution in [3.8, 4) is 11.5 Å². The van der Waals surface area contributed by atoms with Crippen LogP contribution in [0.1, 0.15) is 37.3 Å². The van der Waals surface area contributed by atoms with Gasteiger partial charge in [-0.2, -0.15) is 0 Å². The van der Waals surface area contributed by atoms with E-state index in [9.17, 15) is 4.79 Å². The van der Waals surface area contributed by atoms with E-state index in [0.29, 0.717) is 13.0 Å². The van der Waals surface area contributed by atoms with Crippen LogP contribution in [0.2, 0.25) is 0 Å². The fourth-order valence-electron chi connectivity index (χ4n) is 3.18. The fourth-order valence-corrected chi connectivity index (χ4v) is 3.18. The number of nitrogens with zero attached hydrogens (tertiary/aromatic N) is 1. The van der Waals surface area contributed by atoms with Gasteiger partial charge in [0.05, 0.1) is 18.6 Å². The molecule has 1 saturated heterocycles. The number of ether oxygens (including phenoxy) is 3. The lowest BCUT2D eigenvalue weighted by Gasteiger charge is -2.26. The van der Waals surface area contributed by atoms with E-state index in [1.54, 1.807) is 0 Å². The number of hydrogen-bond acceptors (Lipinski definition) is 5. The summed E-state index contributed by atoms with van der Waals surface area (Å²) in [4.78, 5) is 14.3. The van der Waals surface area contributed by atoms with Crippen molar-refractivity contribution in [2.45, 2.75) is 37.8 Å². The van der Waals surface area contributed by atoms with E-state index in [1.807, 2.05) is 32.3 Å². The van der Waals surface area contributed by atoms with Gasteiger partial charge in [0.15, 0.2) is 11.5 Å². The van der Waals surface area contributed by atoms with Gasteiger partial charge >= 0.3 is 0 Å². The van der Waals surface area contributed by atoms with E-state index in [4.69, 9.17) is 14.2 Å². The quantitative estimate of drug-likeness (QED) is 0.863. The Hall–Kier alpha value is -1.79. The fraction of sp³-hybridized carbons (Fsp3) is 0.611. The number of carbonyl (C=O) groups is 1. The molecule has 1 aromatic carbocycles. The Morgan fingerprint density at radius 1 is 1.29 bits per heavy atom. The third kappa shape index (κ3) is 4.19. The minimum atomic E-state index is 0.0505. The topological polar surface area (TPSA) is 60.0 Å². The Kier molecular flexibility index (Phi) is 5.58.